The SMILES string of the molecule is COc1cnc(C(C)(C)C)cn1. The summed E-state index contributed by atoms with van der Waals surface area (Å²) in [6.07, 6.45) is 3.39. The summed E-state index contributed by atoms with van der Waals surface area (Å²) in [4.78, 5) is 8.31. The molecule has 0 fully saturated rings. The van der Waals surface area contributed by atoms with Crippen LogP contribution in [-0.2, 0) is 5.41 Å². The maximum atomic E-state index is 4.91. The molecule has 0 spiro atoms. The summed E-state index contributed by atoms with van der Waals surface area (Å²) < 4.78 is 4.91. The van der Waals surface area contributed by atoms with Gasteiger partial charge in [-0.3, -0.25) is 4.98 Å². The lowest BCUT2D eigenvalue weighted by molar-refractivity contribution is 0.393. The maximum absolute atomic E-state index is 4.91. The lowest BCUT2D eigenvalue weighted by Crippen LogP contribution is -2.13. The van der Waals surface area contributed by atoms with E-state index in [1.54, 1.807) is 19.5 Å². The van der Waals surface area contributed by atoms with E-state index in [2.05, 4.69) is 30.7 Å². The Morgan fingerprint density at radius 3 is 2.17 bits per heavy atom. The summed E-state index contributed by atoms with van der Waals surface area (Å²) in [5.74, 6) is 0.558. The summed E-state index contributed by atoms with van der Waals surface area (Å²) >= 11 is 0. The minimum Gasteiger partial charge on any atom is -0.480 e. The first-order chi connectivity index (χ1) is 5.54. The van der Waals surface area contributed by atoms with Crippen molar-refractivity contribution < 1.29 is 4.74 Å². The van der Waals surface area contributed by atoms with Crippen molar-refractivity contribution in [2.45, 2.75) is 26.2 Å². The molecule has 0 unspecified atom stereocenters. The Labute approximate surface area is 72.8 Å². The number of ether oxygens (including phenoxy) is 1. The largest absolute Gasteiger partial charge is 0.480 e. The van der Waals surface area contributed by atoms with Gasteiger partial charge in [-0.1, -0.05) is 20.8 Å². The van der Waals surface area contributed by atoms with Crippen LogP contribution in [-0.4, -0.2) is 17.1 Å². The molecular formula is C9H14N2O. The van der Waals surface area contributed by atoms with Crippen LogP contribution in [0, 0.1) is 0 Å². The van der Waals surface area contributed by atoms with Crippen LogP contribution < -0.4 is 4.74 Å². The zero-order chi connectivity index (χ0) is 9.19. The van der Waals surface area contributed by atoms with Crippen molar-refractivity contribution in [2.24, 2.45) is 0 Å². The third-order valence-corrected chi connectivity index (χ3v) is 1.61. The summed E-state index contributed by atoms with van der Waals surface area (Å²) in [5.41, 5.74) is 1.03. The molecule has 0 bridgehead atoms. The quantitative estimate of drug-likeness (QED) is 0.638. The molecule has 0 N–H and O–H groups in total. The Bertz CT molecular complexity index is 248. The number of hydrogen-bond donors (Lipinski definition) is 0. The van der Waals surface area contributed by atoms with Gasteiger partial charge in [0.05, 0.1) is 25.2 Å². The minimum absolute atomic E-state index is 0.0548. The van der Waals surface area contributed by atoms with E-state index < -0.39 is 0 Å². The van der Waals surface area contributed by atoms with Gasteiger partial charge < -0.3 is 4.74 Å². The summed E-state index contributed by atoms with van der Waals surface area (Å²) in [6.45, 7) is 6.30. The molecular weight excluding hydrogens is 152 g/mol. The maximum Gasteiger partial charge on any atom is 0.231 e. The van der Waals surface area contributed by atoms with Gasteiger partial charge in [0.2, 0.25) is 5.88 Å². The number of nitrogens with zero attached hydrogens (tertiary/aromatic N) is 2. The molecule has 0 radical (unpaired) electrons. The lowest BCUT2D eigenvalue weighted by Gasteiger charge is -2.16. The van der Waals surface area contributed by atoms with Crippen LogP contribution in [0.1, 0.15) is 26.5 Å². The van der Waals surface area contributed by atoms with Gasteiger partial charge >= 0.3 is 0 Å². The topological polar surface area (TPSA) is 35.0 Å². The molecule has 66 valence electrons. The van der Waals surface area contributed by atoms with Gasteiger partial charge in [0, 0.05) is 5.41 Å². The average molecular weight is 166 g/mol. The van der Waals surface area contributed by atoms with Gasteiger partial charge in [-0.25, -0.2) is 4.98 Å². The van der Waals surface area contributed by atoms with Gasteiger partial charge in [-0.05, 0) is 0 Å². The van der Waals surface area contributed by atoms with E-state index >= 15 is 0 Å². The lowest BCUT2D eigenvalue weighted by atomic mass is 9.93. The number of rotatable bonds is 1. The molecule has 12 heavy (non-hydrogen) atoms. The highest BCUT2D eigenvalue weighted by molar-refractivity contribution is 5.13. The van der Waals surface area contributed by atoms with Crippen LogP contribution in [0.15, 0.2) is 12.4 Å². The summed E-state index contributed by atoms with van der Waals surface area (Å²) in [5, 5.41) is 0. The van der Waals surface area contributed by atoms with E-state index in [1.807, 2.05) is 0 Å². The van der Waals surface area contributed by atoms with E-state index in [9.17, 15) is 0 Å². The van der Waals surface area contributed by atoms with Gasteiger partial charge in [0.1, 0.15) is 0 Å². The second-order valence-electron chi connectivity index (χ2n) is 3.69. The molecule has 0 aliphatic heterocycles. The van der Waals surface area contributed by atoms with Crippen LogP contribution in [0.5, 0.6) is 5.88 Å². The average Bonchev–Trinajstić information content (AvgIpc) is 2.03. The Hall–Kier alpha value is -1.12. The first-order valence-corrected chi connectivity index (χ1v) is 3.90. The summed E-state index contributed by atoms with van der Waals surface area (Å²) in [6, 6.07) is 0. The molecule has 0 aromatic carbocycles. The second-order valence-corrected chi connectivity index (χ2v) is 3.69. The normalized spacial score (nSPS) is 11.3. The Balaban J connectivity index is 2.93. The van der Waals surface area contributed by atoms with Crippen molar-refractivity contribution in [2.75, 3.05) is 7.11 Å². The van der Waals surface area contributed by atoms with Crippen molar-refractivity contribution >= 4 is 0 Å². The van der Waals surface area contributed by atoms with Crippen LogP contribution in [0.2, 0.25) is 0 Å². The highest BCUT2D eigenvalue weighted by Gasteiger charge is 2.15. The molecule has 1 aromatic rings. The molecule has 0 saturated carbocycles. The van der Waals surface area contributed by atoms with E-state index in [4.69, 9.17) is 4.74 Å². The van der Waals surface area contributed by atoms with Crippen LogP contribution in [0.25, 0.3) is 0 Å². The van der Waals surface area contributed by atoms with Gasteiger partial charge in [-0.2, -0.15) is 0 Å². The minimum atomic E-state index is 0.0548. The monoisotopic (exact) mass is 166 g/mol. The van der Waals surface area contributed by atoms with E-state index in [1.165, 1.54) is 0 Å². The molecule has 0 atom stereocenters. The van der Waals surface area contributed by atoms with Crippen LogP contribution in [0.4, 0.5) is 0 Å². The number of methoxy groups -OCH3 is 1. The fourth-order valence-electron chi connectivity index (χ4n) is 0.809. The predicted octanol–water partition coefficient (Wildman–Crippen LogP) is 1.78. The summed E-state index contributed by atoms with van der Waals surface area (Å²) in [7, 11) is 1.58. The highest BCUT2D eigenvalue weighted by atomic mass is 16.5. The molecule has 3 heteroatoms. The third kappa shape index (κ3) is 1.94. The van der Waals surface area contributed by atoms with Gasteiger partial charge in [-0.15, -0.1) is 0 Å². The molecule has 3 nitrogen and oxygen atoms in total. The fourth-order valence-corrected chi connectivity index (χ4v) is 0.809. The van der Waals surface area contributed by atoms with Crippen LogP contribution in [0.3, 0.4) is 0 Å². The third-order valence-electron chi connectivity index (χ3n) is 1.61. The van der Waals surface area contributed by atoms with E-state index in [-0.39, 0.29) is 5.41 Å². The van der Waals surface area contributed by atoms with Gasteiger partial charge in [0.25, 0.3) is 0 Å². The van der Waals surface area contributed by atoms with Gasteiger partial charge in [0.15, 0.2) is 0 Å². The first-order valence-electron chi connectivity index (χ1n) is 3.90. The zero-order valence-electron chi connectivity index (χ0n) is 7.96. The van der Waals surface area contributed by atoms with E-state index in [0.29, 0.717) is 5.88 Å². The predicted molar refractivity (Wildman–Crippen MR) is 47.3 cm³/mol. The van der Waals surface area contributed by atoms with Crippen molar-refractivity contribution in [3.05, 3.63) is 18.1 Å². The number of hydrogen-bond acceptors (Lipinski definition) is 3. The molecule has 0 aliphatic rings. The Morgan fingerprint density at radius 2 is 1.83 bits per heavy atom. The Kier molecular flexibility index (Phi) is 2.31. The molecule has 1 aromatic heterocycles. The standard InChI is InChI=1S/C9H14N2O/c1-9(2,3)7-5-11-8(12-4)6-10-7/h5-6H,1-4H3. The highest BCUT2D eigenvalue weighted by Crippen LogP contribution is 2.19. The molecule has 1 heterocycles. The first kappa shape index (κ1) is 8.97. The van der Waals surface area contributed by atoms with Crippen LogP contribution >= 0.6 is 0 Å². The molecule has 0 amide bonds. The molecule has 1 rings (SSSR count). The second kappa shape index (κ2) is 3.09. The fraction of sp³-hybridized carbons (Fsp3) is 0.556. The van der Waals surface area contributed by atoms with Crippen molar-refractivity contribution in [3.63, 3.8) is 0 Å². The van der Waals surface area contributed by atoms with Crippen molar-refractivity contribution in [1.82, 2.24) is 9.97 Å². The smallest absolute Gasteiger partial charge is 0.231 e. The van der Waals surface area contributed by atoms with E-state index in [0.717, 1.165) is 5.69 Å². The molecule has 0 saturated heterocycles. The van der Waals surface area contributed by atoms with Crippen molar-refractivity contribution in [1.29, 1.82) is 0 Å². The van der Waals surface area contributed by atoms with Crippen molar-refractivity contribution in [3.8, 4) is 5.88 Å². The Morgan fingerprint density at radius 1 is 1.17 bits per heavy atom. The molecule has 0 aliphatic carbocycles. The number of aromatic nitrogens is 2. The zero-order valence-corrected chi connectivity index (χ0v) is 7.96.